The van der Waals surface area contributed by atoms with Gasteiger partial charge in [-0.25, -0.2) is 4.79 Å². The number of rotatable bonds is 4. The van der Waals surface area contributed by atoms with Crippen LogP contribution in [0.3, 0.4) is 0 Å². The van der Waals surface area contributed by atoms with Gasteiger partial charge in [0.1, 0.15) is 13.2 Å². The zero-order valence-electron chi connectivity index (χ0n) is 7.27. The van der Waals surface area contributed by atoms with Crippen LogP contribution in [0.1, 0.15) is 15.9 Å². The topological polar surface area (TPSA) is 63.6 Å². The summed E-state index contributed by atoms with van der Waals surface area (Å²) in [6.45, 7) is 0.589. The van der Waals surface area contributed by atoms with E-state index in [0.717, 1.165) is 6.61 Å². The standard InChI is InChI=1S/C10H8O4/c11-5-6-14-10(13)9-3-1-8(7-12)2-4-9/h1-5,11H,6H2. The van der Waals surface area contributed by atoms with Crippen molar-refractivity contribution in [3.8, 4) is 0 Å². The summed E-state index contributed by atoms with van der Waals surface area (Å²) in [4.78, 5) is 21.3. The van der Waals surface area contributed by atoms with Crippen molar-refractivity contribution >= 4 is 12.3 Å². The smallest absolute Gasteiger partial charge is 0.338 e. The van der Waals surface area contributed by atoms with Crippen LogP contribution >= 0.6 is 0 Å². The van der Waals surface area contributed by atoms with E-state index in [-0.39, 0.29) is 6.61 Å². The van der Waals surface area contributed by atoms with Crippen LogP contribution in [0, 0.1) is 6.61 Å². The molecule has 0 aromatic heterocycles. The van der Waals surface area contributed by atoms with Crippen LogP contribution in [0.25, 0.3) is 0 Å². The lowest BCUT2D eigenvalue weighted by atomic mass is 10.1. The van der Waals surface area contributed by atoms with Gasteiger partial charge in [0.15, 0.2) is 0 Å². The maximum absolute atomic E-state index is 11.2. The molecule has 0 atom stereocenters. The number of esters is 1. The Balaban J connectivity index is 2.66. The number of ether oxygens (including phenoxy) is 1. The van der Waals surface area contributed by atoms with E-state index >= 15 is 0 Å². The Kier molecular flexibility index (Phi) is 3.82. The van der Waals surface area contributed by atoms with Crippen LogP contribution in [0.5, 0.6) is 0 Å². The van der Waals surface area contributed by atoms with Crippen LogP contribution in [-0.2, 0) is 9.53 Å². The number of hydrogen-bond donors (Lipinski definition) is 1. The van der Waals surface area contributed by atoms with Crippen LogP contribution in [0.4, 0.5) is 0 Å². The fourth-order valence-electron chi connectivity index (χ4n) is 0.871. The summed E-state index contributed by atoms with van der Waals surface area (Å²) in [7, 11) is 0. The SMILES string of the molecule is O=[C]c1ccc(C(=O)OC[CH]O)cc1. The lowest BCUT2D eigenvalue weighted by molar-refractivity contribution is 0.0493. The van der Waals surface area contributed by atoms with E-state index < -0.39 is 5.97 Å². The average molecular weight is 192 g/mol. The van der Waals surface area contributed by atoms with Gasteiger partial charge in [-0.15, -0.1) is 0 Å². The molecule has 0 amide bonds. The van der Waals surface area contributed by atoms with E-state index in [9.17, 15) is 9.59 Å². The summed E-state index contributed by atoms with van der Waals surface area (Å²) in [5, 5.41) is 8.29. The van der Waals surface area contributed by atoms with Crippen molar-refractivity contribution in [2.24, 2.45) is 0 Å². The van der Waals surface area contributed by atoms with E-state index in [1.165, 1.54) is 24.3 Å². The summed E-state index contributed by atoms with van der Waals surface area (Å²) in [5.41, 5.74) is 0.695. The second kappa shape index (κ2) is 5.14. The molecule has 4 nitrogen and oxygen atoms in total. The maximum atomic E-state index is 11.2. The summed E-state index contributed by atoms with van der Waals surface area (Å²) in [6.07, 6.45) is 1.69. The van der Waals surface area contributed by atoms with E-state index in [2.05, 4.69) is 4.74 Å². The normalized spacial score (nSPS) is 9.50. The van der Waals surface area contributed by atoms with Gasteiger partial charge in [0.05, 0.1) is 5.56 Å². The zero-order chi connectivity index (χ0) is 10.4. The Labute approximate surface area is 81.1 Å². The quantitative estimate of drug-likeness (QED) is 0.718. The molecule has 0 heterocycles. The molecule has 0 saturated carbocycles. The molecule has 0 aliphatic heterocycles. The molecular formula is C10H8O4. The van der Waals surface area contributed by atoms with Crippen molar-refractivity contribution in [1.82, 2.24) is 0 Å². The molecule has 1 rings (SSSR count). The number of carbonyl (C=O) groups is 1. The average Bonchev–Trinajstić information content (AvgIpc) is 2.26. The molecule has 0 aliphatic carbocycles. The highest BCUT2D eigenvalue weighted by molar-refractivity contribution is 5.90. The third kappa shape index (κ3) is 2.67. The largest absolute Gasteiger partial charge is 0.459 e. The number of benzene rings is 1. The zero-order valence-corrected chi connectivity index (χ0v) is 7.27. The van der Waals surface area contributed by atoms with Gasteiger partial charge in [-0.2, -0.15) is 0 Å². The minimum absolute atomic E-state index is 0.152. The van der Waals surface area contributed by atoms with Crippen molar-refractivity contribution in [2.45, 2.75) is 0 Å². The Hall–Kier alpha value is -1.68. The van der Waals surface area contributed by atoms with Gasteiger partial charge in [0.25, 0.3) is 0 Å². The third-order valence-corrected chi connectivity index (χ3v) is 1.53. The van der Waals surface area contributed by atoms with Crippen molar-refractivity contribution < 1.29 is 19.4 Å². The number of hydrogen-bond acceptors (Lipinski definition) is 4. The Morgan fingerprint density at radius 2 is 2.07 bits per heavy atom. The monoisotopic (exact) mass is 192 g/mol. The van der Waals surface area contributed by atoms with Crippen LogP contribution in [0.15, 0.2) is 24.3 Å². The van der Waals surface area contributed by atoms with Gasteiger partial charge in [0.2, 0.25) is 6.29 Å². The fraction of sp³-hybridized carbons (Fsp3) is 0.100. The highest BCUT2D eigenvalue weighted by Crippen LogP contribution is 2.04. The maximum Gasteiger partial charge on any atom is 0.338 e. The molecule has 2 radical (unpaired) electrons. The van der Waals surface area contributed by atoms with Gasteiger partial charge in [0, 0.05) is 5.56 Å². The van der Waals surface area contributed by atoms with Gasteiger partial charge < -0.3 is 9.84 Å². The van der Waals surface area contributed by atoms with Gasteiger partial charge in [-0.3, -0.25) is 4.79 Å². The van der Waals surface area contributed by atoms with E-state index in [4.69, 9.17) is 5.11 Å². The highest BCUT2D eigenvalue weighted by atomic mass is 16.5. The molecule has 14 heavy (non-hydrogen) atoms. The second-order valence-corrected chi connectivity index (χ2v) is 2.46. The predicted molar refractivity (Wildman–Crippen MR) is 47.8 cm³/mol. The minimum atomic E-state index is -0.548. The third-order valence-electron chi connectivity index (χ3n) is 1.53. The molecule has 1 aromatic carbocycles. The molecule has 0 fully saturated rings. The van der Waals surface area contributed by atoms with E-state index in [1.807, 2.05) is 0 Å². The van der Waals surface area contributed by atoms with Crippen molar-refractivity contribution in [2.75, 3.05) is 6.61 Å². The van der Waals surface area contributed by atoms with E-state index in [0.29, 0.717) is 11.1 Å². The second-order valence-electron chi connectivity index (χ2n) is 2.46. The first-order valence-corrected chi connectivity index (χ1v) is 3.89. The Bertz CT molecular complexity index is 315. The van der Waals surface area contributed by atoms with Crippen molar-refractivity contribution in [3.05, 3.63) is 42.0 Å². The fourth-order valence-corrected chi connectivity index (χ4v) is 0.871. The summed E-state index contributed by atoms with van der Waals surface area (Å²) < 4.78 is 4.61. The van der Waals surface area contributed by atoms with Crippen molar-refractivity contribution in [1.29, 1.82) is 0 Å². The van der Waals surface area contributed by atoms with Gasteiger partial charge in [-0.05, 0) is 12.1 Å². The van der Waals surface area contributed by atoms with E-state index in [1.54, 1.807) is 6.29 Å². The number of carbonyl (C=O) groups excluding carboxylic acids is 2. The minimum Gasteiger partial charge on any atom is -0.459 e. The van der Waals surface area contributed by atoms with Crippen LogP contribution < -0.4 is 0 Å². The summed E-state index contributed by atoms with van der Waals surface area (Å²) >= 11 is 0. The molecule has 1 aromatic rings. The molecule has 0 spiro atoms. The summed E-state index contributed by atoms with van der Waals surface area (Å²) in [5.74, 6) is -0.548. The van der Waals surface area contributed by atoms with Gasteiger partial charge >= 0.3 is 5.97 Å². The lowest BCUT2D eigenvalue weighted by Gasteiger charge is -2.01. The first-order chi connectivity index (χ1) is 6.77. The molecule has 4 heteroatoms. The first-order valence-electron chi connectivity index (χ1n) is 3.89. The molecule has 0 unspecified atom stereocenters. The molecular weight excluding hydrogens is 184 g/mol. The highest BCUT2D eigenvalue weighted by Gasteiger charge is 2.05. The van der Waals surface area contributed by atoms with Crippen LogP contribution in [0.2, 0.25) is 0 Å². The first kappa shape index (κ1) is 10.4. The molecule has 1 N–H and O–H groups in total. The molecule has 0 saturated heterocycles. The van der Waals surface area contributed by atoms with Crippen LogP contribution in [-0.4, -0.2) is 24.0 Å². The predicted octanol–water partition coefficient (Wildman–Crippen LogP) is 0.835. The Morgan fingerprint density at radius 1 is 1.43 bits per heavy atom. The molecule has 0 bridgehead atoms. The number of aliphatic hydroxyl groups excluding tert-OH is 1. The number of aliphatic hydroxyl groups is 1. The lowest BCUT2D eigenvalue weighted by Crippen LogP contribution is -2.06. The molecule has 0 aliphatic rings. The summed E-state index contributed by atoms with van der Waals surface area (Å²) in [6, 6.07) is 5.85. The molecule has 72 valence electrons. The Morgan fingerprint density at radius 3 is 2.57 bits per heavy atom. The van der Waals surface area contributed by atoms with Gasteiger partial charge in [-0.1, -0.05) is 12.1 Å². The van der Waals surface area contributed by atoms with Crippen molar-refractivity contribution in [3.63, 3.8) is 0 Å².